The van der Waals surface area contributed by atoms with Crippen molar-refractivity contribution in [2.24, 2.45) is 5.92 Å². The van der Waals surface area contributed by atoms with E-state index in [1.807, 2.05) is 14.0 Å². The fourth-order valence-electron chi connectivity index (χ4n) is 2.75. The molecule has 6 heteroatoms. The lowest BCUT2D eigenvalue weighted by Crippen LogP contribution is -2.48. The zero-order valence-electron chi connectivity index (χ0n) is 11.4. The molecule has 0 bridgehead atoms. The first kappa shape index (κ1) is 14.2. The van der Waals surface area contributed by atoms with E-state index in [1.54, 1.807) is 8.61 Å². The molecule has 2 fully saturated rings. The van der Waals surface area contributed by atoms with Crippen LogP contribution in [0.4, 0.5) is 0 Å². The summed E-state index contributed by atoms with van der Waals surface area (Å²) in [5.41, 5.74) is 0. The third kappa shape index (κ3) is 3.04. The van der Waals surface area contributed by atoms with E-state index in [0.29, 0.717) is 25.6 Å². The molecule has 0 aromatic heterocycles. The van der Waals surface area contributed by atoms with Crippen molar-refractivity contribution in [1.29, 1.82) is 0 Å². The molecule has 1 saturated heterocycles. The second kappa shape index (κ2) is 5.86. The van der Waals surface area contributed by atoms with Gasteiger partial charge in [-0.15, -0.1) is 0 Å². The van der Waals surface area contributed by atoms with Crippen molar-refractivity contribution in [2.75, 3.05) is 33.2 Å². The predicted octanol–water partition coefficient (Wildman–Crippen LogP) is 0.647. The Morgan fingerprint density at radius 1 is 1.22 bits per heavy atom. The lowest BCUT2D eigenvalue weighted by atomic mass is 9.98. The Bertz CT molecular complexity index is 360. The van der Waals surface area contributed by atoms with Crippen molar-refractivity contribution in [2.45, 2.75) is 38.6 Å². The molecule has 2 aliphatic rings. The number of hydrogen-bond acceptors (Lipinski definition) is 3. The molecule has 18 heavy (non-hydrogen) atoms. The van der Waals surface area contributed by atoms with E-state index in [9.17, 15) is 8.42 Å². The highest BCUT2D eigenvalue weighted by Gasteiger charge is 2.40. The van der Waals surface area contributed by atoms with E-state index < -0.39 is 10.2 Å². The first-order valence-electron chi connectivity index (χ1n) is 7.01. The molecule has 1 aliphatic carbocycles. The van der Waals surface area contributed by atoms with Gasteiger partial charge in [0.25, 0.3) is 10.2 Å². The molecule has 1 heterocycles. The molecular weight excluding hydrogens is 250 g/mol. The summed E-state index contributed by atoms with van der Waals surface area (Å²) >= 11 is 0. The Balaban J connectivity index is 1.95. The van der Waals surface area contributed by atoms with E-state index in [-0.39, 0.29) is 6.04 Å². The highest BCUT2D eigenvalue weighted by atomic mass is 32.2. The summed E-state index contributed by atoms with van der Waals surface area (Å²) in [5, 5.41) is 3.17. The topological polar surface area (TPSA) is 52.7 Å². The Morgan fingerprint density at radius 3 is 2.28 bits per heavy atom. The molecule has 1 N–H and O–H groups in total. The minimum Gasteiger partial charge on any atom is -0.319 e. The van der Waals surface area contributed by atoms with Crippen molar-refractivity contribution < 1.29 is 8.42 Å². The summed E-state index contributed by atoms with van der Waals surface area (Å²) in [5.74, 6) is 0.623. The van der Waals surface area contributed by atoms with E-state index in [0.717, 1.165) is 32.2 Å². The van der Waals surface area contributed by atoms with Crippen molar-refractivity contribution in [1.82, 2.24) is 13.9 Å². The van der Waals surface area contributed by atoms with Crippen LogP contribution in [0.3, 0.4) is 0 Å². The van der Waals surface area contributed by atoms with Crippen molar-refractivity contribution >= 4 is 10.2 Å². The quantitative estimate of drug-likeness (QED) is 0.774. The minimum atomic E-state index is -3.20. The van der Waals surface area contributed by atoms with Crippen LogP contribution in [-0.2, 0) is 10.2 Å². The smallest absolute Gasteiger partial charge is 0.282 e. The van der Waals surface area contributed by atoms with Crippen molar-refractivity contribution in [3.63, 3.8) is 0 Å². The highest BCUT2D eigenvalue weighted by Crippen LogP contribution is 2.31. The fourth-order valence-corrected chi connectivity index (χ4v) is 4.64. The van der Waals surface area contributed by atoms with Crippen LogP contribution in [0.25, 0.3) is 0 Å². The first-order valence-corrected chi connectivity index (χ1v) is 8.40. The summed E-state index contributed by atoms with van der Waals surface area (Å²) in [4.78, 5) is 0. The lowest BCUT2D eigenvalue weighted by Gasteiger charge is -2.34. The molecule has 1 aliphatic heterocycles. The van der Waals surface area contributed by atoms with E-state index >= 15 is 0 Å². The van der Waals surface area contributed by atoms with Crippen LogP contribution in [0.15, 0.2) is 0 Å². The number of hydrogen-bond donors (Lipinski definition) is 1. The molecular formula is C12H25N3O2S. The molecule has 0 aromatic carbocycles. The van der Waals surface area contributed by atoms with Gasteiger partial charge in [0.15, 0.2) is 0 Å². The highest BCUT2D eigenvalue weighted by molar-refractivity contribution is 7.86. The van der Waals surface area contributed by atoms with Gasteiger partial charge in [0.2, 0.25) is 0 Å². The summed E-state index contributed by atoms with van der Waals surface area (Å²) in [7, 11) is -1.25. The normalized spacial score (nSPS) is 23.7. The summed E-state index contributed by atoms with van der Waals surface area (Å²) < 4.78 is 28.4. The monoisotopic (exact) mass is 275 g/mol. The standard InChI is InChI=1S/C12H25N3O2S/c1-3-15(12-4-5-12)18(16,17)14-8-6-11(7-9-14)10-13-2/h11-13H,3-10H2,1-2H3. The van der Waals surface area contributed by atoms with Crippen molar-refractivity contribution in [3.8, 4) is 0 Å². The number of rotatable bonds is 6. The van der Waals surface area contributed by atoms with Gasteiger partial charge in [0.1, 0.15) is 0 Å². The molecule has 0 amide bonds. The second-order valence-corrected chi connectivity index (χ2v) is 7.22. The molecule has 0 radical (unpaired) electrons. The van der Waals surface area contributed by atoms with Gasteiger partial charge >= 0.3 is 0 Å². The third-order valence-electron chi connectivity index (χ3n) is 3.95. The Labute approximate surface area is 111 Å². The van der Waals surface area contributed by atoms with Gasteiger partial charge in [-0.05, 0) is 45.2 Å². The lowest BCUT2D eigenvalue weighted by molar-refractivity contribution is 0.251. The molecule has 0 spiro atoms. The van der Waals surface area contributed by atoms with Gasteiger partial charge in [0, 0.05) is 25.7 Å². The Kier molecular flexibility index (Phi) is 4.64. The Hall–Kier alpha value is -0.170. The van der Waals surface area contributed by atoms with Gasteiger partial charge in [0.05, 0.1) is 0 Å². The SMILES string of the molecule is CCN(C1CC1)S(=O)(=O)N1CCC(CNC)CC1. The van der Waals surface area contributed by atoms with E-state index in [4.69, 9.17) is 0 Å². The number of piperidine rings is 1. The van der Waals surface area contributed by atoms with Crippen LogP contribution in [-0.4, -0.2) is 56.3 Å². The van der Waals surface area contributed by atoms with Gasteiger partial charge in [-0.1, -0.05) is 6.92 Å². The summed E-state index contributed by atoms with van der Waals surface area (Å²) in [6, 6.07) is 0.273. The number of nitrogens with one attached hydrogen (secondary N) is 1. The molecule has 5 nitrogen and oxygen atoms in total. The number of nitrogens with zero attached hydrogens (tertiary/aromatic N) is 2. The van der Waals surface area contributed by atoms with Gasteiger partial charge < -0.3 is 5.32 Å². The van der Waals surface area contributed by atoms with Crippen molar-refractivity contribution in [3.05, 3.63) is 0 Å². The van der Waals surface area contributed by atoms with E-state index in [2.05, 4.69) is 5.32 Å². The molecule has 106 valence electrons. The van der Waals surface area contributed by atoms with Crippen LogP contribution < -0.4 is 5.32 Å². The third-order valence-corrected chi connectivity index (χ3v) is 6.12. The molecule has 2 rings (SSSR count). The largest absolute Gasteiger partial charge is 0.319 e. The second-order valence-electron chi connectivity index (χ2n) is 5.34. The zero-order valence-corrected chi connectivity index (χ0v) is 12.2. The van der Waals surface area contributed by atoms with Crippen LogP contribution in [0.5, 0.6) is 0 Å². The average molecular weight is 275 g/mol. The molecule has 0 atom stereocenters. The predicted molar refractivity (Wildman–Crippen MR) is 72.5 cm³/mol. The van der Waals surface area contributed by atoms with Gasteiger partial charge in [-0.2, -0.15) is 17.0 Å². The maximum Gasteiger partial charge on any atom is 0.282 e. The molecule has 0 unspecified atom stereocenters. The first-order chi connectivity index (χ1) is 8.59. The van der Waals surface area contributed by atoms with Gasteiger partial charge in [-0.25, -0.2) is 0 Å². The molecule has 1 saturated carbocycles. The maximum absolute atomic E-state index is 12.5. The zero-order chi connectivity index (χ0) is 13.2. The summed E-state index contributed by atoms with van der Waals surface area (Å²) in [6.07, 6.45) is 4.01. The maximum atomic E-state index is 12.5. The van der Waals surface area contributed by atoms with Crippen LogP contribution in [0.2, 0.25) is 0 Å². The average Bonchev–Trinajstić information content (AvgIpc) is 3.15. The van der Waals surface area contributed by atoms with Crippen LogP contribution in [0.1, 0.15) is 32.6 Å². The van der Waals surface area contributed by atoms with E-state index in [1.165, 1.54) is 0 Å². The minimum absolute atomic E-state index is 0.273. The van der Waals surface area contributed by atoms with Crippen LogP contribution >= 0.6 is 0 Å². The fraction of sp³-hybridized carbons (Fsp3) is 1.00. The Morgan fingerprint density at radius 2 is 1.83 bits per heavy atom. The van der Waals surface area contributed by atoms with Gasteiger partial charge in [-0.3, -0.25) is 0 Å². The summed E-state index contributed by atoms with van der Waals surface area (Å²) in [6.45, 7) is 4.89. The molecule has 0 aromatic rings. The van der Waals surface area contributed by atoms with Crippen LogP contribution in [0, 0.1) is 5.92 Å².